The number of aromatic nitrogens is 2. The number of nitrogens with zero attached hydrogens (tertiary/aromatic N) is 3. The van der Waals surface area contributed by atoms with Gasteiger partial charge in [0.2, 0.25) is 0 Å². The van der Waals surface area contributed by atoms with E-state index in [1.165, 1.54) is 0 Å². The van der Waals surface area contributed by atoms with Crippen LogP contribution >= 0.6 is 11.6 Å². The van der Waals surface area contributed by atoms with Crippen molar-refractivity contribution in [2.24, 2.45) is 0 Å². The molecule has 1 N–H and O–H groups in total. The molecule has 0 saturated carbocycles. The molecule has 2 aromatic carbocycles. The van der Waals surface area contributed by atoms with Crippen LogP contribution in [0.3, 0.4) is 0 Å². The van der Waals surface area contributed by atoms with Crippen molar-refractivity contribution in [1.29, 1.82) is 5.26 Å². The Morgan fingerprint density at radius 1 is 1.17 bits per heavy atom. The molecule has 3 rings (SSSR count). The number of carbonyl (C=O) groups is 1. The summed E-state index contributed by atoms with van der Waals surface area (Å²) in [6.07, 6.45) is 1.59. The van der Waals surface area contributed by atoms with Crippen molar-refractivity contribution in [3.05, 3.63) is 87.2 Å². The molecule has 5 nitrogen and oxygen atoms in total. The maximum atomic E-state index is 12.6. The molecular weight excluding hydrogens is 384 g/mol. The van der Waals surface area contributed by atoms with Crippen LogP contribution in [-0.4, -0.2) is 15.7 Å². The maximum absolute atomic E-state index is 12.6. The van der Waals surface area contributed by atoms with E-state index in [1.807, 2.05) is 67.9 Å². The van der Waals surface area contributed by atoms with Gasteiger partial charge in [0.15, 0.2) is 0 Å². The van der Waals surface area contributed by atoms with E-state index in [-0.39, 0.29) is 5.57 Å². The minimum Gasteiger partial charge on any atom is -0.321 e. The van der Waals surface area contributed by atoms with Crippen molar-refractivity contribution in [3.63, 3.8) is 0 Å². The van der Waals surface area contributed by atoms with Gasteiger partial charge in [-0.15, -0.1) is 0 Å². The zero-order valence-electron chi connectivity index (χ0n) is 16.5. The Kier molecular flexibility index (Phi) is 6.16. The van der Waals surface area contributed by atoms with Gasteiger partial charge in [-0.2, -0.15) is 10.4 Å². The molecule has 0 spiro atoms. The van der Waals surface area contributed by atoms with Gasteiger partial charge in [0, 0.05) is 22.0 Å². The second-order valence-electron chi connectivity index (χ2n) is 6.82. The van der Waals surface area contributed by atoms with Crippen molar-refractivity contribution in [3.8, 4) is 6.07 Å². The Morgan fingerprint density at radius 3 is 2.52 bits per heavy atom. The van der Waals surface area contributed by atoms with E-state index < -0.39 is 5.91 Å². The number of nitrogens with one attached hydrogen (secondary N) is 1. The number of rotatable bonds is 5. The molecule has 1 heterocycles. The minimum absolute atomic E-state index is 0.0223. The standard InChI is InChI=1S/C23H21ClN4O/c1-15-8-10-20(11-9-15)26-23(29)19(13-25)12-21-16(2)27-28(17(21)3)14-18-6-4-5-7-22(18)24/h4-12H,14H2,1-3H3,(H,26,29)/b19-12+. The highest BCUT2D eigenvalue weighted by molar-refractivity contribution is 6.31. The maximum Gasteiger partial charge on any atom is 0.266 e. The third-order valence-corrected chi connectivity index (χ3v) is 5.05. The summed E-state index contributed by atoms with van der Waals surface area (Å²) in [5.74, 6) is -0.450. The normalized spacial score (nSPS) is 11.2. The first-order valence-corrected chi connectivity index (χ1v) is 9.54. The first-order valence-electron chi connectivity index (χ1n) is 9.16. The van der Waals surface area contributed by atoms with Gasteiger partial charge in [-0.3, -0.25) is 9.48 Å². The first-order chi connectivity index (χ1) is 13.9. The van der Waals surface area contributed by atoms with Crippen molar-refractivity contribution in [2.45, 2.75) is 27.3 Å². The van der Waals surface area contributed by atoms with Crippen LogP contribution in [0.1, 0.15) is 28.1 Å². The zero-order valence-corrected chi connectivity index (χ0v) is 17.3. The summed E-state index contributed by atoms with van der Waals surface area (Å²) in [6, 6.07) is 17.0. The number of hydrogen-bond acceptors (Lipinski definition) is 3. The lowest BCUT2D eigenvalue weighted by Crippen LogP contribution is -2.13. The van der Waals surface area contributed by atoms with Gasteiger partial charge in [0.05, 0.1) is 12.2 Å². The Balaban J connectivity index is 1.86. The van der Waals surface area contributed by atoms with Crippen LogP contribution in [0, 0.1) is 32.1 Å². The van der Waals surface area contributed by atoms with E-state index >= 15 is 0 Å². The number of anilines is 1. The van der Waals surface area contributed by atoms with Crippen LogP contribution in [0.4, 0.5) is 5.69 Å². The highest BCUT2D eigenvalue weighted by Gasteiger charge is 2.15. The lowest BCUT2D eigenvalue weighted by molar-refractivity contribution is -0.112. The molecule has 1 aromatic heterocycles. The van der Waals surface area contributed by atoms with Crippen molar-refractivity contribution >= 4 is 29.3 Å². The summed E-state index contributed by atoms with van der Waals surface area (Å²) < 4.78 is 1.83. The summed E-state index contributed by atoms with van der Waals surface area (Å²) in [4.78, 5) is 12.6. The fourth-order valence-corrected chi connectivity index (χ4v) is 3.19. The molecule has 6 heteroatoms. The molecule has 0 unspecified atom stereocenters. The van der Waals surface area contributed by atoms with Gasteiger partial charge in [-0.1, -0.05) is 47.5 Å². The Bertz CT molecular complexity index is 1120. The molecule has 0 fully saturated rings. The van der Waals surface area contributed by atoms with Crippen LogP contribution in [0.25, 0.3) is 6.08 Å². The summed E-state index contributed by atoms with van der Waals surface area (Å²) in [7, 11) is 0. The summed E-state index contributed by atoms with van der Waals surface area (Å²) >= 11 is 6.26. The SMILES string of the molecule is Cc1ccc(NC(=O)/C(C#N)=C/c2c(C)nn(Cc3ccccc3Cl)c2C)cc1. The topological polar surface area (TPSA) is 70.7 Å². The number of benzene rings is 2. The van der Waals surface area contributed by atoms with Gasteiger partial charge < -0.3 is 5.32 Å². The van der Waals surface area contributed by atoms with Gasteiger partial charge in [0.1, 0.15) is 11.6 Å². The number of aryl methyl sites for hydroxylation is 2. The van der Waals surface area contributed by atoms with E-state index in [2.05, 4.69) is 10.4 Å². The Hall–Kier alpha value is -3.36. The van der Waals surface area contributed by atoms with Crippen molar-refractivity contribution in [1.82, 2.24) is 9.78 Å². The quantitative estimate of drug-likeness (QED) is 0.477. The molecule has 146 valence electrons. The molecular formula is C23H21ClN4O. The monoisotopic (exact) mass is 404 g/mol. The molecule has 29 heavy (non-hydrogen) atoms. The third kappa shape index (κ3) is 4.74. The summed E-state index contributed by atoms with van der Waals surface area (Å²) in [5, 5.41) is 17.5. The average molecular weight is 405 g/mol. The van der Waals surface area contributed by atoms with E-state index in [4.69, 9.17) is 11.6 Å². The van der Waals surface area contributed by atoms with E-state index in [0.717, 1.165) is 28.1 Å². The minimum atomic E-state index is -0.450. The molecule has 0 radical (unpaired) electrons. The van der Waals surface area contributed by atoms with E-state index in [9.17, 15) is 10.1 Å². The smallest absolute Gasteiger partial charge is 0.266 e. The van der Waals surface area contributed by atoms with Crippen molar-refractivity contribution < 1.29 is 4.79 Å². The van der Waals surface area contributed by atoms with Crippen LogP contribution in [0.15, 0.2) is 54.1 Å². The molecule has 1 amide bonds. The van der Waals surface area contributed by atoms with Crippen LogP contribution in [-0.2, 0) is 11.3 Å². The highest BCUT2D eigenvalue weighted by Crippen LogP contribution is 2.21. The molecule has 0 aliphatic carbocycles. The largest absolute Gasteiger partial charge is 0.321 e. The zero-order chi connectivity index (χ0) is 21.0. The first kappa shape index (κ1) is 20.4. The summed E-state index contributed by atoms with van der Waals surface area (Å²) in [5.41, 5.74) is 5.07. The molecule has 0 aliphatic rings. The van der Waals surface area contributed by atoms with Gasteiger partial charge in [-0.25, -0.2) is 0 Å². The van der Waals surface area contributed by atoms with Crippen LogP contribution < -0.4 is 5.32 Å². The second kappa shape index (κ2) is 8.76. The fraction of sp³-hybridized carbons (Fsp3) is 0.174. The molecule has 0 saturated heterocycles. The average Bonchev–Trinajstić information content (AvgIpc) is 2.96. The molecule has 0 atom stereocenters. The van der Waals surface area contributed by atoms with Gasteiger partial charge in [-0.05, 0) is 50.6 Å². The lowest BCUT2D eigenvalue weighted by atomic mass is 10.1. The summed E-state index contributed by atoms with van der Waals surface area (Å²) in [6.45, 7) is 6.25. The van der Waals surface area contributed by atoms with E-state index in [1.54, 1.807) is 18.2 Å². The molecule has 3 aromatic rings. The lowest BCUT2D eigenvalue weighted by Gasteiger charge is -2.07. The van der Waals surface area contributed by atoms with Gasteiger partial charge >= 0.3 is 0 Å². The number of hydrogen-bond donors (Lipinski definition) is 1. The predicted octanol–water partition coefficient (Wildman–Crippen LogP) is 5.06. The van der Waals surface area contributed by atoms with Gasteiger partial charge in [0.25, 0.3) is 5.91 Å². The molecule has 0 bridgehead atoms. The second-order valence-corrected chi connectivity index (χ2v) is 7.23. The van der Waals surface area contributed by atoms with Crippen LogP contribution in [0.5, 0.6) is 0 Å². The number of carbonyl (C=O) groups excluding carboxylic acids is 1. The molecule has 0 aliphatic heterocycles. The number of nitriles is 1. The highest BCUT2D eigenvalue weighted by atomic mass is 35.5. The predicted molar refractivity (Wildman–Crippen MR) is 116 cm³/mol. The Labute approximate surface area is 175 Å². The number of halogens is 1. The third-order valence-electron chi connectivity index (χ3n) is 4.68. The number of amides is 1. The van der Waals surface area contributed by atoms with Crippen molar-refractivity contribution in [2.75, 3.05) is 5.32 Å². The fourth-order valence-electron chi connectivity index (χ4n) is 2.99. The Morgan fingerprint density at radius 2 is 1.86 bits per heavy atom. The van der Waals surface area contributed by atoms with E-state index in [0.29, 0.717) is 17.3 Å². The van der Waals surface area contributed by atoms with Crippen LogP contribution in [0.2, 0.25) is 5.02 Å².